The molecular formula is C11H17N5. The lowest BCUT2D eigenvalue weighted by atomic mass is 10.1. The molecule has 4 N–H and O–H groups in total. The first-order valence-corrected chi connectivity index (χ1v) is 4.97. The van der Waals surface area contributed by atoms with Crippen LogP contribution in [0.2, 0.25) is 0 Å². The van der Waals surface area contributed by atoms with Gasteiger partial charge in [-0.15, -0.1) is 0 Å². The lowest BCUT2D eigenvalue weighted by Crippen LogP contribution is -2.14. The van der Waals surface area contributed by atoms with Crippen molar-refractivity contribution in [1.82, 2.24) is 10.3 Å². The Hall–Kier alpha value is -2.04. The van der Waals surface area contributed by atoms with E-state index >= 15 is 0 Å². The number of amidine groups is 1. The van der Waals surface area contributed by atoms with E-state index in [0.29, 0.717) is 5.84 Å². The van der Waals surface area contributed by atoms with Gasteiger partial charge < -0.3 is 16.4 Å². The van der Waals surface area contributed by atoms with Crippen molar-refractivity contribution in [3.05, 3.63) is 30.0 Å². The molecule has 0 radical (unpaired) electrons. The Bertz CT molecular complexity index is 409. The van der Waals surface area contributed by atoms with E-state index in [-0.39, 0.29) is 0 Å². The Morgan fingerprint density at radius 2 is 2.25 bits per heavy atom. The van der Waals surface area contributed by atoms with Gasteiger partial charge in [0.1, 0.15) is 11.7 Å². The first-order chi connectivity index (χ1) is 7.72. The first-order valence-electron chi connectivity index (χ1n) is 4.97. The maximum Gasteiger partial charge on any atom is 0.135 e. The monoisotopic (exact) mass is 219 g/mol. The lowest BCUT2D eigenvalue weighted by molar-refractivity contribution is 1.12. The van der Waals surface area contributed by atoms with Gasteiger partial charge in [0.2, 0.25) is 0 Å². The Morgan fingerprint density at radius 3 is 2.81 bits per heavy atom. The van der Waals surface area contributed by atoms with Crippen LogP contribution < -0.4 is 16.4 Å². The molecule has 86 valence electrons. The van der Waals surface area contributed by atoms with Crippen molar-refractivity contribution in [2.45, 2.75) is 0 Å². The topological polar surface area (TPSA) is 75.3 Å². The minimum absolute atomic E-state index is 0.468. The molecule has 0 unspecified atom stereocenters. The quantitative estimate of drug-likeness (QED) is 0.514. The number of anilines is 1. The van der Waals surface area contributed by atoms with Crippen LogP contribution in [0.4, 0.5) is 5.82 Å². The molecule has 0 fully saturated rings. The van der Waals surface area contributed by atoms with E-state index in [4.69, 9.17) is 5.73 Å². The van der Waals surface area contributed by atoms with Crippen LogP contribution in [0.25, 0.3) is 5.70 Å². The zero-order valence-electron chi connectivity index (χ0n) is 9.78. The highest BCUT2D eigenvalue weighted by atomic mass is 15.0. The van der Waals surface area contributed by atoms with Gasteiger partial charge in [-0.25, -0.2) is 4.98 Å². The molecule has 1 heterocycles. The summed E-state index contributed by atoms with van der Waals surface area (Å²) in [5, 5.41) is 6.11. The molecule has 0 aliphatic carbocycles. The number of rotatable bonds is 4. The van der Waals surface area contributed by atoms with Crippen LogP contribution in [-0.4, -0.2) is 32.0 Å². The van der Waals surface area contributed by atoms with Gasteiger partial charge in [0, 0.05) is 44.7 Å². The molecular weight excluding hydrogens is 202 g/mol. The van der Waals surface area contributed by atoms with Crippen LogP contribution in [0.1, 0.15) is 5.56 Å². The van der Waals surface area contributed by atoms with Gasteiger partial charge in [-0.3, -0.25) is 4.99 Å². The van der Waals surface area contributed by atoms with E-state index in [1.165, 1.54) is 0 Å². The predicted molar refractivity (Wildman–Crippen MR) is 68.4 cm³/mol. The standard InChI is InChI=1S/C11H17N5/c1-13-9(7-10(12)14-2)8-5-4-6-16-11(8)15-3/h4-7,13H,1-3H3,(H2,12,14)(H,15,16)/b9-7-. The van der Waals surface area contributed by atoms with E-state index < -0.39 is 0 Å². The van der Waals surface area contributed by atoms with E-state index in [0.717, 1.165) is 17.1 Å². The third kappa shape index (κ3) is 2.73. The second kappa shape index (κ2) is 5.75. The molecule has 5 heteroatoms. The molecule has 0 aliphatic rings. The number of hydrogen-bond donors (Lipinski definition) is 3. The largest absolute Gasteiger partial charge is 0.387 e. The molecule has 0 atom stereocenters. The van der Waals surface area contributed by atoms with Crippen molar-refractivity contribution in [2.75, 3.05) is 26.5 Å². The van der Waals surface area contributed by atoms with E-state index in [1.807, 2.05) is 26.2 Å². The second-order valence-electron chi connectivity index (χ2n) is 3.11. The summed E-state index contributed by atoms with van der Waals surface area (Å²) in [5.41, 5.74) is 7.50. The SMILES string of the molecule is CN=C(N)/C=C(\NC)c1cccnc1NC. The summed E-state index contributed by atoms with van der Waals surface area (Å²) in [6.07, 6.45) is 3.51. The van der Waals surface area contributed by atoms with Crippen molar-refractivity contribution >= 4 is 17.4 Å². The normalized spacial score (nSPS) is 12.4. The van der Waals surface area contributed by atoms with Crippen molar-refractivity contribution in [3.8, 4) is 0 Å². The van der Waals surface area contributed by atoms with Gasteiger partial charge in [0.15, 0.2) is 0 Å². The molecule has 1 aromatic heterocycles. The predicted octanol–water partition coefficient (Wildman–Crippen LogP) is 0.671. The van der Waals surface area contributed by atoms with Crippen LogP contribution in [0, 0.1) is 0 Å². The molecule has 1 rings (SSSR count). The Balaban J connectivity index is 3.18. The highest BCUT2D eigenvalue weighted by Gasteiger charge is 2.06. The van der Waals surface area contributed by atoms with E-state index in [9.17, 15) is 0 Å². The summed E-state index contributed by atoms with van der Waals surface area (Å²) in [4.78, 5) is 8.12. The average molecular weight is 219 g/mol. The summed E-state index contributed by atoms with van der Waals surface area (Å²) in [6.45, 7) is 0. The van der Waals surface area contributed by atoms with Crippen LogP contribution >= 0.6 is 0 Å². The summed E-state index contributed by atoms with van der Waals surface area (Å²) in [7, 11) is 5.32. The third-order valence-corrected chi connectivity index (χ3v) is 2.15. The molecule has 0 spiro atoms. The lowest BCUT2D eigenvalue weighted by Gasteiger charge is -2.11. The van der Waals surface area contributed by atoms with Gasteiger partial charge in [-0.05, 0) is 12.1 Å². The number of aromatic nitrogens is 1. The molecule has 0 amide bonds. The molecule has 0 saturated heterocycles. The van der Waals surface area contributed by atoms with Gasteiger partial charge in [-0.2, -0.15) is 0 Å². The fraction of sp³-hybridized carbons (Fsp3) is 0.273. The maximum absolute atomic E-state index is 5.67. The number of hydrogen-bond acceptors (Lipinski definition) is 4. The molecule has 16 heavy (non-hydrogen) atoms. The van der Waals surface area contributed by atoms with Crippen molar-refractivity contribution < 1.29 is 0 Å². The van der Waals surface area contributed by atoms with Gasteiger partial charge in [0.05, 0.1) is 0 Å². The van der Waals surface area contributed by atoms with Gasteiger partial charge in [-0.1, -0.05) is 0 Å². The van der Waals surface area contributed by atoms with Crippen LogP contribution in [0.15, 0.2) is 29.4 Å². The van der Waals surface area contributed by atoms with Gasteiger partial charge in [0.25, 0.3) is 0 Å². The fourth-order valence-corrected chi connectivity index (χ4v) is 1.32. The fourth-order valence-electron chi connectivity index (χ4n) is 1.32. The molecule has 0 bridgehead atoms. The third-order valence-electron chi connectivity index (χ3n) is 2.15. The minimum atomic E-state index is 0.468. The Morgan fingerprint density at radius 1 is 1.50 bits per heavy atom. The average Bonchev–Trinajstić information content (AvgIpc) is 2.35. The van der Waals surface area contributed by atoms with E-state index in [2.05, 4.69) is 20.6 Å². The summed E-state index contributed by atoms with van der Waals surface area (Å²) >= 11 is 0. The van der Waals surface area contributed by atoms with Crippen molar-refractivity contribution in [2.24, 2.45) is 10.7 Å². The molecule has 1 aromatic rings. The number of nitrogens with one attached hydrogen (secondary N) is 2. The maximum atomic E-state index is 5.67. The molecule has 5 nitrogen and oxygen atoms in total. The zero-order valence-corrected chi connectivity index (χ0v) is 9.78. The number of aliphatic imine (C=N–C) groups is 1. The molecule has 0 aliphatic heterocycles. The highest BCUT2D eigenvalue weighted by molar-refractivity contribution is 5.98. The smallest absolute Gasteiger partial charge is 0.135 e. The van der Waals surface area contributed by atoms with Crippen molar-refractivity contribution in [3.63, 3.8) is 0 Å². The van der Waals surface area contributed by atoms with Crippen molar-refractivity contribution in [1.29, 1.82) is 0 Å². The zero-order chi connectivity index (χ0) is 12.0. The van der Waals surface area contributed by atoms with Crippen LogP contribution in [-0.2, 0) is 0 Å². The Kier molecular flexibility index (Phi) is 4.32. The summed E-state index contributed by atoms with van der Waals surface area (Å²) in [5.74, 6) is 1.27. The molecule has 0 aromatic carbocycles. The number of nitrogens with two attached hydrogens (primary N) is 1. The van der Waals surface area contributed by atoms with E-state index in [1.54, 1.807) is 19.3 Å². The first kappa shape index (κ1) is 12.0. The minimum Gasteiger partial charge on any atom is -0.387 e. The second-order valence-corrected chi connectivity index (χ2v) is 3.11. The summed E-state index contributed by atoms with van der Waals surface area (Å²) < 4.78 is 0. The van der Waals surface area contributed by atoms with Crippen LogP contribution in [0.3, 0.4) is 0 Å². The molecule has 0 saturated carbocycles. The summed E-state index contributed by atoms with van der Waals surface area (Å²) in [6, 6.07) is 3.84. The highest BCUT2D eigenvalue weighted by Crippen LogP contribution is 2.18. The van der Waals surface area contributed by atoms with Crippen LogP contribution in [0.5, 0.6) is 0 Å². The number of nitrogens with zero attached hydrogens (tertiary/aromatic N) is 2. The van der Waals surface area contributed by atoms with Gasteiger partial charge >= 0.3 is 0 Å². The number of pyridine rings is 1. The Labute approximate surface area is 95.5 Å².